The minimum absolute atomic E-state index is 0.0488. The first-order valence-corrected chi connectivity index (χ1v) is 11.2. The van der Waals surface area contributed by atoms with Gasteiger partial charge < -0.3 is 10.2 Å². The van der Waals surface area contributed by atoms with Crippen molar-refractivity contribution in [3.05, 3.63) is 71.0 Å². The minimum Gasteiger partial charge on any atom is -0.350 e. The van der Waals surface area contributed by atoms with Crippen LogP contribution in [-0.2, 0) is 28.0 Å². The van der Waals surface area contributed by atoms with Crippen LogP contribution < -0.4 is 5.32 Å². The molecular weight excluding hydrogens is 403 g/mol. The standard InChI is InChI=1S/C27H37FN2O2/c1-19(25(32)29-27(5,6)7)30(18-21-10-8-9-11-23(21)28)24(31)17-14-20-12-15-22(16-13-20)26(2,3)4/h8-13,15-16,19H,14,17-18H2,1-7H3,(H,29,32). The Bertz CT molecular complexity index is 924. The lowest BCUT2D eigenvalue weighted by Gasteiger charge is -2.31. The maximum absolute atomic E-state index is 14.3. The van der Waals surface area contributed by atoms with Crippen LogP contribution in [0.2, 0.25) is 0 Å². The number of carbonyl (C=O) groups excluding carboxylic acids is 2. The fourth-order valence-electron chi connectivity index (χ4n) is 3.43. The van der Waals surface area contributed by atoms with Crippen molar-refractivity contribution in [1.82, 2.24) is 10.2 Å². The average molecular weight is 441 g/mol. The average Bonchev–Trinajstić information content (AvgIpc) is 2.69. The van der Waals surface area contributed by atoms with Crippen LogP contribution in [0.4, 0.5) is 4.39 Å². The zero-order chi connectivity index (χ0) is 24.1. The molecule has 2 amide bonds. The van der Waals surface area contributed by atoms with Gasteiger partial charge in [-0.1, -0.05) is 63.2 Å². The fraction of sp³-hybridized carbons (Fsp3) is 0.481. The van der Waals surface area contributed by atoms with Crippen molar-refractivity contribution in [2.45, 2.75) is 84.8 Å². The predicted octanol–water partition coefficient (Wildman–Crippen LogP) is 5.39. The van der Waals surface area contributed by atoms with E-state index in [1.807, 2.05) is 32.9 Å². The molecule has 0 saturated heterocycles. The monoisotopic (exact) mass is 440 g/mol. The number of amides is 2. The van der Waals surface area contributed by atoms with Gasteiger partial charge in [0.05, 0.1) is 0 Å². The van der Waals surface area contributed by atoms with Crippen molar-refractivity contribution in [1.29, 1.82) is 0 Å². The van der Waals surface area contributed by atoms with Gasteiger partial charge in [0.15, 0.2) is 0 Å². The van der Waals surface area contributed by atoms with Gasteiger partial charge in [-0.05, 0) is 56.7 Å². The summed E-state index contributed by atoms with van der Waals surface area (Å²) in [6, 6.07) is 13.9. The van der Waals surface area contributed by atoms with Crippen LogP contribution in [0.1, 0.15) is 71.6 Å². The molecule has 0 aliphatic rings. The third-order valence-corrected chi connectivity index (χ3v) is 5.41. The fourth-order valence-corrected chi connectivity index (χ4v) is 3.43. The molecule has 174 valence electrons. The molecule has 5 heteroatoms. The number of nitrogens with zero attached hydrogens (tertiary/aromatic N) is 1. The van der Waals surface area contributed by atoms with Crippen LogP contribution in [0.3, 0.4) is 0 Å². The van der Waals surface area contributed by atoms with E-state index in [1.54, 1.807) is 25.1 Å². The smallest absolute Gasteiger partial charge is 0.242 e. The molecule has 2 rings (SSSR count). The normalized spacial score (nSPS) is 12.9. The molecular formula is C27H37FN2O2. The number of nitrogens with one attached hydrogen (secondary N) is 1. The Hall–Kier alpha value is -2.69. The van der Waals surface area contributed by atoms with Gasteiger partial charge in [0.25, 0.3) is 0 Å². The van der Waals surface area contributed by atoms with Gasteiger partial charge in [0, 0.05) is 24.1 Å². The van der Waals surface area contributed by atoms with Crippen LogP contribution in [0.25, 0.3) is 0 Å². The molecule has 32 heavy (non-hydrogen) atoms. The van der Waals surface area contributed by atoms with Crippen LogP contribution in [0.15, 0.2) is 48.5 Å². The number of hydrogen-bond donors (Lipinski definition) is 1. The Labute approximate surface area is 192 Å². The first kappa shape index (κ1) is 25.6. The number of aryl methyl sites for hydroxylation is 1. The summed E-state index contributed by atoms with van der Waals surface area (Å²) in [6.07, 6.45) is 0.807. The summed E-state index contributed by atoms with van der Waals surface area (Å²) in [5.41, 5.74) is 2.34. The summed E-state index contributed by atoms with van der Waals surface area (Å²) in [5.74, 6) is -0.812. The van der Waals surface area contributed by atoms with Gasteiger partial charge in [0.2, 0.25) is 11.8 Å². The first-order valence-electron chi connectivity index (χ1n) is 11.2. The third kappa shape index (κ3) is 7.47. The summed E-state index contributed by atoms with van der Waals surface area (Å²) in [6.45, 7) is 13.9. The quantitative estimate of drug-likeness (QED) is 0.628. The van der Waals surface area contributed by atoms with Crippen LogP contribution >= 0.6 is 0 Å². The van der Waals surface area contributed by atoms with E-state index in [0.29, 0.717) is 12.0 Å². The first-order chi connectivity index (χ1) is 14.8. The van der Waals surface area contributed by atoms with Crippen LogP contribution in [0, 0.1) is 5.82 Å². The molecule has 0 fully saturated rings. The summed E-state index contributed by atoms with van der Waals surface area (Å²) in [4.78, 5) is 27.5. The van der Waals surface area contributed by atoms with Crippen LogP contribution in [-0.4, -0.2) is 28.3 Å². The van der Waals surface area contributed by atoms with Gasteiger partial charge in [-0.3, -0.25) is 9.59 Å². The van der Waals surface area contributed by atoms with Gasteiger partial charge >= 0.3 is 0 Å². The zero-order valence-electron chi connectivity index (χ0n) is 20.5. The molecule has 0 aromatic heterocycles. The molecule has 2 aromatic rings. The summed E-state index contributed by atoms with van der Waals surface area (Å²) < 4.78 is 14.3. The number of hydrogen-bond acceptors (Lipinski definition) is 2. The highest BCUT2D eigenvalue weighted by molar-refractivity contribution is 5.87. The molecule has 0 bridgehead atoms. The minimum atomic E-state index is -0.718. The van der Waals surface area contributed by atoms with E-state index in [9.17, 15) is 14.0 Å². The Morgan fingerprint density at radius 1 is 0.969 bits per heavy atom. The number of rotatable bonds is 7. The Morgan fingerprint density at radius 3 is 2.09 bits per heavy atom. The van der Waals surface area contributed by atoms with E-state index in [1.165, 1.54) is 16.5 Å². The van der Waals surface area contributed by atoms with Crippen molar-refractivity contribution in [3.63, 3.8) is 0 Å². The molecule has 0 saturated carbocycles. The Balaban J connectivity index is 2.17. The largest absolute Gasteiger partial charge is 0.350 e. The highest BCUT2D eigenvalue weighted by atomic mass is 19.1. The Morgan fingerprint density at radius 2 is 1.56 bits per heavy atom. The van der Waals surface area contributed by atoms with E-state index < -0.39 is 11.6 Å². The van der Waals surface area contributed by atoms with E-state index in [2.05, 4.69) is 38.2 Å². The lowest BCUT2D eigenvalue weighted by Crippen LogP contribution is -2.52. The molecule has 1 unspecified atom stereocenters. The van der Waals surface area contributed by atoms with Gasteiger partial charge in [0.1, 0.15) is 11.9 Å². The topological polar surface area (TPSA) is 49.4 Å². The van der Waals surface area contributed by atoms with Gasteiger partial charge in [-0.25, -0.2) is 4.39 Å². The second-order valence-electron chi connectivity index (χ2n) is 10.5. The van der Waals surface area contributed by atoms with Crippen molar-refractivity contribution in [2.24, 2.45) is 0 Å². The molecule has 0 aliphatic heterocycles. The van der Waals surface area contributed by atoms with E-state index in [4.69, 9.17) is 0 Å². The highest BCUT2D eigenvalue weighted by Gasteiger charge is 2.28. The zero-order valence-corrected chi connectivity index (χ0v) is 20.5. The third-order valence-electron chi connectivity index (χ3n) is 5.41. The van der Waals surface area contributed by atoms with Crippen molar-refractivity contribution >= 4 is 11.8 Å². The van der Waals surface area contributed by atoms with Crippen LogP contribution in [0.5, 0.6) is 0 Å². The molecule has 0 spiro atoms. The van der Waals surface area contributed by atoms with Crippen molar-refractivity contribution < 1.29 is 14.0 Å². The number of halogens is 1. The molecule has 2 aromatic carbocycles. The van der Waals surface area contributed by atoms with E-state index >= 15 is 0 Å². The number of carbonyl (C=O) groups is 2. The molecule has 1 atom stereocenters. The summed E-state index contributed by atoms with van der Waals surface area (Å²) >= 11 is 0. The highest BCUT2D eigenvalue weighted by Crippen LogP contribution is 2.23. The summed E-state index contributed by atoms with van der Waals surface area (Å²) in [7, 11) is 0. The van der Waals surface area contributed by atoms with Crippen molar-refractivity contribution in [2.75, 3.05) is 0 Å². The lowest BCUT2D eigenvalue weighted by molar-refractivity contribution is -0.141. The maximum atomic E-state index is 14.3. The van der Waals surface area contributed by atoms with E-state index in [0.717, 1.165) is 5.56 Å². The van der Waals surface area contributed by atoms with Crippen molar-refractivity contribution in [3.8, 4) is 0 Å². The lowest BCUT2D eigenvalue weighted by atomic mass is 9.86. The molecule has 4 nitrogen and oxygen atoms in total. The molecule has 0 radical (unpaired) electrons. The summed E-state index contributed by atoms with van der Waals surface area (Å²) in [5, 5.41) is 2.92. The second-order valence-corrected chi connectivity index (χ2v) is 10.5. The Kier molecular flexibility index (Phi) is 8.22. The maximum Gasteiger partial charge on any atom is 0.242 e. The van der Waals surface area contributed by atoms with E-state index in [-0.39, 0.29) is 36.0 Å². The van der Waals surface area contributed by atoms with Gasteiger partial charge in [-0.15, -0.1) is 0 Å². The molecule has 0 aliphatic carbocycles. The number of benzene rings is 2. The molecule has 1 N–H and O–H groups in total. The second kappa shape index (κ2) is 10.3. The SMILES string of the molecule is CC(C(=O)NC(C)(C)C)N(Cc1ccccc1F)C(=O)CCc1ccc(C(C)(C)C)cc1. The van der Waals surface area contributed by atoms with Gasteiger partial charge in [-0.2, -0.15) is 0 Å². The molecule has 0 heterocycles. The predicted molar refractivity (Wildman–Crippen MR) is 128 cm³/mol.